The van der Waals surface area contributed by atoms with E-state index in [-0.39, 0.29) is 12.0 Å². The van der Waals surface area contributed by atoms with E-state index in [1.807, 2.05) is 6.92 Å². The molecule has 0 aliphatic heterocycles. The van der Waals surface area contributed by atoms with Crippen molar-refractivity contribution in [2.45, 2.75) is 40.7 Å². The van der Waals surface area contributed by atoms with E-state index in [9.17, 15) is 4.79 Å². The molecule has 17 heavy (non-hydrogen) atoms. The van der Waals surface area contributed by atoms with Crippen LogP contribution in [0.5, 0.6) is 0 Å². The van der Waals surface area contributed by atoms with E-state index in [4.69, 9.17) is 9.47 Å². The van der Waals surface area contributed by atoms with Crippen LogP contribution in [-0.2, 0) is 14.3 Å². The lowest BCUT2D eigenvalue weighted by Gasteiger charge is -2.24. The zero-order valence-corrected chi connectivity index (χ0v) is 11.8. The molecule has 0 aliphatic carbocycles. The van der Waals surface area contributed by atoms with Crippen LogP contribution in [0.3, 0.4) is 0 Å². The van der Waals surface area contributed by atoms with Crippen molar-refractivity contribution in [2.24, 2.45) is 5.92 Å². The fourth-order valence-electron chi connectivity index (χ4n) is 1.36. The predicted octanol–water partition coefficient (Wildman–Crippen LogP) is 2.10. The third-order valence-electron chi connectivity index (χ3n) is 2.70. The smallest absolute Gasteiger partial charge is 0.335 e. The predicted molar refractivity (Wildman–Crippen MR) is 68.6 cm³/mol. The summed E-state index contributed by atoms with van der Waals surface area (Å²) in [5.74, 6) is 0.164. The van der Waals surface area contributed by atoms with Gasteiger partial charge >= 0.3 is 5.97 Å². The Bertz CT molecular complexity index is 272. The average molecular weight is 243 g/mol. The molecule has 1 N–H and O–H groups in total. The van der Waals surface area contributed by atoms with Crippen LogP contribution >= 0.6 is 0 Å². The molecule has 0 unspecified atom stereocenters. The molecule has 0 heterocycles. The Morgan fingerprint density at radius 3 is 2.29 bits per heavy atom. The lowest BCUT2D eigenvalue weighted by Crippen LogP contribution is -2.37. The SMILES string of the molecule is CCOC(=O)/C(C)=C(\C)N[C@H](COC)C(C)C. The van der Waals surface area contributed by atoms with Crippen LogP contribution in [0.1, 0.15) is 34.6 Å². The number of esters is 1. The molecular formula is C13H25NO3. The Morgan fingerprint density at radius 2 is 1.88 bits per heavy atom. The number of hydrogen-bond donors (Lipinski definition) is 1. The molecule has 100 valence electrons. The molecule has 0 rings (SSSR count). The summed E-state index contributed by atoms with van der Waals surface area (Å²) in [5, 5.41) is 3.31. The molecular weight excluding hydrogens is 218 g/mol. The Morgan fingerprint density at radius 1 is 1.29 bits per heavy atom. The van der Waals surface area contributed by atoms with E-state index in [0.29, 0.717) is 24.7 Å². The highest BCUT2D eigenvalue weighted by molar-refractivity contribution is 5.88. The van der Waals surface area contributed by atoms with Crippen molar-refractivity contribution in [3.05, 3.63) is 11.3 Å². The normalized spacial score (nSPS) is 14.3. The second-order valence-corrected chi connectivity index (χ2v) is 4.42. The van der Waals surface area contributed by atoms with Gasteiger partial charge in [-0.05, 0) is 26.7 Å². The zero-order chi connectivity index (χ0) is 13.4. The number of ether oxygens (including phenoxy) is 2. The molecule has 0 radical (unpaired) electrons. The summed E-state index contributed by atoms with van der Waals surface area (Å²) >= 11 is 0. The van der Waals surface area contributed by atoms with Crippen molar-refractivity contribution in [1.82, 2.24) is 5.32 Å². The Balaban J connectivity index is 4.61. The number of carbonyl (C=O) groups is 1. The van der Waals surface area contributed by atoms with Crippen molar-refractivity contribution in [2.75, 3.05) is 20.3 Å². The number of allylic oxidation sites excluding steroid dienone is 1. The van der Waals surface area contributed by atoms with Crippen LogP contribution in [0.15, 0.2) is 11.3 Å². The third kappa shape index (κ3) is 5.73. The largest absolute Gasteiger partial charge is 0.463 e. The molecule has 0 saturated heterocycles. The van der Waals surface area contributed by atoms with Crippen molar-refractivity contribution < 1.29 is 14.3 Å². The number of hydrogen-bond acceptors (Lipinski definition) is 4. The minimum atomic E-state index is -0.266. The first-order valence-corrected chi connectivity index (χ1v) is 6.04. The molecule has 0 aliphatic rings. The van der Waals surface area contributed by atoms with Crippen molar-refractivity contribution >= 4 is 5.97 Å². The van der Waals surface area contributed by atoms with E-state index in [2.05, 4.69) is 19.2 Å². The van der Waals surface area contributed by atoms with E-state index in [1.165, 1.54) is 0 Å². The van der Waals surface area contributed by atoms with Crippen LogP contribution in [0, 0.1) is 5.92 Å². The lowest BCUT2D eigenvalue weighted by atomic mass is 10.0. The highest BCUT2D eigenvalue weighted by Gasteiger charge is 2.15. The summed E-state index contributed by atoms with van der Waals surface area (Å²) in [6.07, 6.45) is 0. The molecule has 0 saturated carbocycles. The quantitative estimate of drug-likeness (QED) is 0.549. The molecule has 4 heteroatoms. The molecule has 0 aromatic carbocycles. The summed E-state index contributed by atoms with van der Waals surface area (Å²) in [4.78, 5) is 11.5. The number of rotatable bonds is 7. The number of nitrogens with one attached hydrogen (secondary N) is 1. The number of methoxy groups -OCH3 is 1. The number of carbonyl (C=O) groups excluding carboxylic acids is 1. The van der Waals surface area contributed by atoms with Crippen LogP contribution in [-0.4, -0.2) is 32.3 Å². The molecule has 0 fully saturated rings. The van der Waals surface area contributed by atoms with Gasteiger partial charge in [-0.25, -0.2) is 4.79 Å². The summed E-state index contributed by atoms with van der Waals surface area (Å²) in [6.45, 7) is 10.7. The molecule has 0 bridgehead atoms. The standard InChI is InChI=1S/C13H25NO3/c1-7-17-13(15)10(4)11(5)14-12(8-16-6)9(2)3/h9,12,14H,7-8H2,1-6H3/b11-10+/t12-/m1/s1. The summed E-state index contributed by atoms with van der Waals surface area (Å²) < 4.78 is 10.1. The van der Waals surface area contributed by atoms with Crippen molar-refractivity contribution in [3.8, 4) is 0 Å². The van der Waals surface area contributed by atoms with Crippen molar-refractivity contribution in [1.29, 1.82) is 0 Å². The minimum absolute atomic E-state index is 0.198. The fraction of sp³-hybridized carbons (Fsp3) is 0.769. The molecule has 1 atom stereocenters. The second-order valence-electron chi connectivity index (χ2n) is 4.42. The van der Waals surface area contributed by atoms with Gasteiger partial charge < -0.3 is 14.8 Å². The van der Waals surface area contributed by atoms with Gasteiger partial charge in [-0.2, -0.15) is 0 Å². The zero-order valence-electron chi connectivity index (χ0n) is 11.8. The van der Waals surface area contributed by atoms with E-state index in [1.54, 1.807) is 21.0 Å². The maximum Gasteiger partial charge on any atom is 0.335 e. The lowest BCUT2D eigenvalue weighted by molar-refractivity contribution is -0.138. The average Bonchev–Trinajstić information content (AvgIpc) is 2.27. The second kappa shape index (κ2) is 8.12. The van der Waals surface area contributed by atoms with Gasteiger partial charge in [0.15, 0.2) is 0 Å². The molecule has 0 amide bonds. The van der Waals surface area contributed by atoms with Crippen LogP contribution in [0.25, 0.3) is 0 Å². The maximum atomic E-state index is 11.5. The Labute approximate surface area is 104 Å². The first kappa shape index (κ1) is 16.0. The molecule has 4 nitrogen and oxygen atoms in total. The topological polar surface area (TPSA) is 47.6 Å². The first-order valence-electron chi connectivity index (χ1n) is 6.04. The third-order valence-corrected chi connectivity index (χ3v) is 2.70. The summed E-state index contributed by atoms with van der Waals surface area (Å²) in [7, 11) is 1.67. The van der Waals surface area contributed by atoms with E-state index >= 15 is 0 Å². The van der Waals surface area contributed by atoms with E-state index < -0.39 is 0 Å². The highest BCUT2D eigenvalue weighted by Crippen LogP contribution is 2.08. The van der Waals surface area contributed by atoms with Gasteiger partial charge in [0, 0.05) is 12.8 Å². The van der Waals surface area contributed by atoms with Gasteiger partial charge in [0.2, 0.25) is 0 Å². The van der Waals surface area contributed by atoms with Gasteiger partial charge in [-0.3, -0.25) is 0 Å². The first-order chi connectivity index (χ1) is 7.93. The van der Waals surface area contributed by atoms with Crippen LogP contribution in [0.2, 0.25) is 0 Å². The minimum Gasteiger partial charge on any atom is -0.463 e. The fourth-order valence-corrected chi connectivity index (χ4v) is 1.36. The Hall–Kier alpha value is -1.03. The van der Waals surface area contributed by atoms with Gasteiger partial charge in [0.05, 0.1) is 24.8 Å². The maximum absolute atomic E-state index is 11.5. The summed E-state index contributed by atoms with van der Waals surface area (Å²) in [6, 6.07) is 0.198. The van der Waals surface area contributed by atoms with Gasteiger partial charge in [-0.1, -0.05) is 13.8 Å². The molecule has 0 aromatic rings. The van der Waals surface area contributed by atoms with Crippen LogP contribution < -0.4 is 5.32 Å². The van der Waals surface area contributed by atoms with Gasteiger partial charge in [0.1, 0.15) is 0 Å². The van der Waals surface area contributed by atoms with Gasteiger partial charge in [0.25, 0.3) is 0 Å². The molecule has 0 aromatic heterocycles. The van der Waals surface area contributed by atoms with Crippen molar-refractivity contribution in [3.63, 3.8) is 0 Å². The highest BCUT2D eigenvalue weighted by atomic mass is 16.5. The molecule has 0 spiro atoms. The monoisotopic (exact) mass is 243 g/mol. The van der Waals surface area contributed by atoms with Crippen LogP contribution in [0.4, 0.5) is 0 Å². The van der Waals surface area contributed by atoms with E-state index in [0.717, 1.165) is 5.70 Å². The van der Waals surface area contributed by atoms with Gasteiger partial charge in [-0.15, -0.1) is 0 Å². The Kier molecular flexibility index (Phi) is 7.63. The summed E-state index contributed by atoms with van der Waals surface area (Å²) in [5.41, 5.74) is 1.47.